The van der Waals surface area contributed by atoms with Gasteiger partial charge in [-0.15, -0.1) is 0 Å². The number of hydrogen-bond acceptors (Lipinski definition) is 7. The zero-order valence-electron chi connectivity index (χ0n) is 19.4. The second-order valence-electron chi connectivity index (χ2n) is 8.73. The van der Waals surface area contributed by atoms with Crippen molar-refractivity contribution in [1.82, 2.24) is 19.7 Å². The average Bonchev–Trinajstić information content (AvgIpc) is 3.33. The molecule has 9 nitrogen and oxygen atoms in total. The minimum Gasteiger partial charge on any atom is -0.381 e. The third-order valence-corrected chi connectivity index (χ3v) is 6.21. The topological polar surface area (TPSA) is 94.4 Å². The normalized spacial score (nSPS) is 17.4. The Morgan fingerprint density at radius 1 is 1.06 bits per heavy atom. The van der Waals surface area contributed by atoms with E-state index in [0.717, 1.165) is 19.0 Å². The predicted octanol–water partition coefficient (Wildman–Crippen LogP) is 3.89. The van der Waals surface area contributed by atoms with E-state index in [1.54, 1.807) is 40.0 Å². The number of carbonyl (C=O) groups is 1. The fourth-order valence-electron chi connectivity index (χ4n) is 4.29. The molecule has 0 saturated carbocycles. The summed E-state index contributed by atoms with van der Waals surface area (Å²) in [5.74, 6) is 0.257. The first-order chi connectivity index (χ1) is 17.4. The molecule has 0 atom stereocenters. The number of aromatic nitrogens is 4. The molecule has 1 aromatic carbocycles. The zero-order chi connectivity index (χ0) is 25.1. The molecule has 0 radical (unpaired) electrons. The molecule has 0 aliphatic carbocycles. The molecule has 0 bridgehead atoms. The third-order valence-electron chi connectivity index (χ3n) is 6.21. The van der Waals surface area contributed by atoms with Crippen molar-refractivity contribution in [3.8, 4) is 11.3 Å². The number of alkyl halides is 3. The lowest BCUT2D eigenvalue weighted by Gasteiger charge is -2.26. The second-order valence-corrected chi connectivity index (χ2v) is 8.73. The van der Waals surface area contributed by atoms with Gasteiger partial charge in [-0.1, -0.05) is 0 Å². The van der Waals surface area contributed by atoms with E-state index in [4.69, 9.17) is 9.47 Å². The van der Waals surface area contributed by atoms with Crippen molar-refractivity contribution in [2.24, 2.45) is 5.92 Å². The molecule has 2 fully saturated rings. The summed E-state index contributed by atoms with van der Waals surface area (Å²) in [6, 6.07) is 6.92. The van der Waals surface area contributed by atoms with E-state index in [9.17, 15) is 18.0 Å². The van der Waals surface area contributed by atoms with Crippen molar-refractivity contribution in [2.75, 3.05) is 43.2 Å². The number of anilines is 3. The Morgan fingerprint density at radius 2 is 1.83 bits per heavy atom. The smallest absolute Gasteiger partial charge is 0.381 e. The third kappa shape index (κ3) is 5.49. The van der Waals surface area contributed by atoms with Gasteiger partial charge in [0.25, 0.3) is 5.91 Å². The highest BCUT2D eigenvalue weighted by atomic mass is 19.4. The Hall–Kier alpha value is -3.51. The average molecular weight is 502 g/mol. The van der Waals surface area contributed by atoms with Gasteiger partial charge in [-0.3, -0.25) is 9.48 Å². The predicted molar refractivity (Wildman–Crippen MR) is 125 cm³/mol. The molecular formula is C24H25F3N6O3. The maximum absolute atomic E-state index is 13.7. The van der Waals surface area contributed by atoms with Crippen molar-refractivity contribution in [3.63, 3.8) is 0 Å². The van der Waals surface area contributed by atoms with Gasteiger partial charge in [-0.05, 0) is 43.0 Å². The van der Waals surface area contributed by atoms with Crippen LogP contribution in [0.25, 0.3) is 11.3 Å². The monoisotopic (exact) mass is 502 g/mol. The summed E-state index contributed by atoms with van der Waals surface area (Å²) < 4.78 is 53.4. The van der Waals surface area contributed by atoms with Gasteiger partial charge in [0, 0.05) is 55.6 Å². The van der Waals surface area contributed by atoms with Crippen LogP contribution >= 0.6 is 0 Å². The summed E-state index contributed by atoms with van der Waals surface area (Å²) in [4.78, 5) is 21.7. The highest BCUT2D eigenvalue weighted by Gasteiger charge is 2.36. The zero-order valence-corrected chi connectivity index (χ0v) is 19.4. The Kier molecular flexibility index (Phi) is 6.88. The van der Waals surface area contributed by atoms with Crippen LogP contribution in [-0.2, 0) is 27.0 Å². The maximum atomic E-state index is 13.7. The number of nitrogens with zero attached hydrogens (tertiary/aromatic N) is 5. The van der Waals surface area contributed by atoms with E-state index < -0.39 is 11.7 Å². The number of halogens is 3. The van der Waals surface area contributed by atoms with Gasteiger partial charge in [0.2, 0.25) is 5.95 Å². The maximum Gasteiger partial charge on any atom is 0.419 e. The number of nitrogens with one attached hydrogen (secondary N) is 1. The summed E-state index contributed by atoms with van der Waals surface area (Å²) >= 11 is 0. The van der Waals surface area contributed by atoms with E-state index in [1.165, 1.54) is 6.20 Å². The molecule has 2 aliphatic heterocycles. The highest BCUT2D eigenvalue weighted by Crippen LogP contribution is 2.36. The Labute approximate surface area is 205 Å². The van der Waals surface area contributed by atoms with Crippen LogP contribution in [0.1, 0.15) is 18.4 Å². The number of ether oxygens (including phenoxy) is 2. The molecule has 4 heterocycles. The Bertz CT molecular complexity index is 1210. The van der Waals surface area contributed by atoms with Crippen LogP contribution < -0.4 is 10.2 Å². The van der Waals surface area contributed by atoms with Crippen LogP contribution in [0.15, 0.2) is 42.9 Å². The molecule has 2 aromatic heterocycles. The van der Waals surface area contributed by atoms with E-state index in [-0.39, 0.29) is 29.7 Å². The summed E-state index contributed by atoms with van der Waals surface area (Å²) in [5.41, 5.74) is 0.370. The van der Waals surface area contributed by atoms with Crippen molar-refractivity contribution in [2.45, 2.75) is 25.6 Å². The molecule has 1 N–H and O–H groups in total. The Morgan fingerprint density at radius 3 is 2.56 bits per heavy atom. The van der Waals surface area contributed by atoms with Crippen LogP contribution in [0.3, 0.4) is 0 Å². The van der Waals surface area contributed by atoms with Crippen LogP contribution in [-0.4, -0.2) is 58.6 Å². The summed E-state index contributed by atoms with van der Waals surface area (Å²) in [6.45, 7) is 2.93. The second kappa shape index (κ2) is 10.2. The first kappa shape index (κ1) is 24.2. The van der Waals surface area contributed by atoms with Gasteiger partial charge in [0.15, 0.2) is 0 Å². The number of rotatable bonds is 6. The molecular weight excluding hydrogens is 477 g/mol. The number of benzene rings is 1. The number of morpholine rings is 1. The minimum absolute atomic E-state index is 0.0189. The SMILES string of the molecule is O=C1COCCN1c1ccc(Nc2ncc(C(F)(F)F)c(-c3cnn(CC4CCOCC4)c3)n2)cc1. The molecule has 1 amide bonds. The van der Waals surface area contributed by atoms with Crippen LogP contribution in [0.5, 0.6) is 0 Å². The molecule has 2 saturated heterocycles. The van der Waals surface area contributed by atoms with Crippen LogP contribution in [0, 0.1) is 5.92 Å². The van der Waals surface area contributed by atoms with Gasteiger partial charge in [-0.25, -0.2) is 9.97 Å². The fraction of sp³-hybridized carbons (Fsp3) is 0.417. The van der Waals surface area contributed by atoms with Crippen molar-refractivity contribution < 1.29 is 27.4 Å². The van der Waals surface area contributed by atoms with E-state index in [1.807, 2.05) is 0 Å². The molecule has 0 unspecified atom stereocenters. The number of hydrogen-bond donors (Lipinski definition) is 1. The lowest BCUT2D eigenvalue weighted by atomic mass is 10.0. The van der Waals surface area contributed by atoms with E-state index in [2.05, 4.69) is 20.4 Å². The van der Waals surface area contributed by atoms with E-state index in [0.29, 0.717) is 50.2 Å². The standard InChI is InChI=1S/C24H25F3N6O3/c25-24(26,27)20-12-28-23(30-18-1-3-19(4-2-18)33-7-10-36-15-21(33)34)31-22(20)17-11-29-32(14-17)13-16-5-8-35-9-6-16/h1-4,11-12,14,16H,5-10,13,15H2,(H,28,30,31). The molecule has 5 rings (SSSR count). The quantitative estimate of drug-likeness (QED) is 0.547. The lowest BCUT2D eigenvalue weighted by Crippen LogP contribution is -2.41. The first-order valence-corrected chi connectivity index (χ1v) is 11.7. The molecule has 0 spiro atoms. The van der Waals surface area contributed by atoms with Gasteiger partial charge >= 0.3 is 6.18 Å². The molecule has 190 valence electrons. The van der Waals surface area contributed by atoms with Gasteiger partial charge in [-0.2, -0.15) is 18.3 Å². The minimum atomic E-state index is -4.62. The number of carbonyl (C=O) groups excluding carboxylic acids is 1. The van der Waals surface area contributed by atoms with E-state index >= 15 is 0 Å². The molecule has 3 aromatic rings. The molecule has 2 aliphatic rings. The van der Waals surface area contributed by atoms with Crippen molar-refractivity contribution in [3.05, 3.63) is 48.4 Å². The van der Waals surface area contributed by atoms with Crippen molar-refractivity contribution >= 4 is 23.2 Å². The Balaban J connectivity index is 1.36. The van der Waals surface area contributed by atoms with Gasteiger partial charge < -0.3 is 19.7 Å². The van der Waals surface area contributed by atoms with Crippen LogP contribution in [0.4, 0.5) is 30.5 Å². The molecule has 36 heavy (non-hydrogen) atoms. The summed E-state index contributed by atoms with van der Waals surface area (Å²) in [7, 11) is 0. The fourth-order valence-corrected chi connectivity index (χ4v) is 4.29. The first-order valence-electron chi connectivity index (χ1n) is 11.7. The highest BCUT2D eigenvalue weighted by molar-refractivity contribution is 5.95. The summed E-state index contributed by atoms with van der Waals surface area (Å²) in [5, 5.41) is 7.22. The molecule has 12 heteroatoms. The van der Waals surface area contributed by atoms with Crippen molar-refractivity contribution in [1.29, 1.82) is 0 Å². The lowest BCUT2D eigenvalue weighted by molar-refractivity contribution is -0.137. The van der Waals surface area contributed by atoms with Gasteiger partial charge in [0.05, 0.1) is 18.5 Å². The number of amides is 1. The summed E-state index contributed by atoms with van der Waals surface area (Å²) in [6.07, 6.45) is 0.927. The van der Waals surface area contributed by atoms with Crippen LogP contribution in [0.2, 0.25) is 0 Å². The van der Waals surface area contributed by atoms with Gasteiger partial charge in [0.1, 0.15) is 12.2 Å². The largest absolute Gasteiger partial charge is 0.419 e.